The van der Waals surface area contributed by atoms with Crippen LogP contribution in [0.3, 0.4) is 0 Å². The first-order chi connectivity index (χ1) is 16.1. The smallest absolute Gasteiger partial charge is 0.166 e. The molecule has 0 amide bonds. The molecule has 34 heavy (non-hydrogen) atoms. The van der Waals surface area contributed by atoms with Gasteiger partial charge < -0.3 is 0 Å². The van der Waals surface area contributed by atoms with Crippen molar-refractivity contribution in [2.45, 2.75) is 12.4 Å². The van der Waals surface area contributed by atoms with E-state index < -0.39 is 23.5 Å². The van der Waals surface area contributed by atoms with Crippen LogP contribution in [-0.2, 0) is 12.4 Å². The largest absolute Gasteiger partial charge is 0.416 e. The van der Waals surface area contributed by atoms with Gasteiger partial charge in [0.05, 0.1) is 11.1 Å². The summed E-state index contributed by atoms with van der Waals surface area (Å²) in [5, 5.41) is 0. The second-order valence-electron chi connectivity index (χ2n) is 7.64. The van der Waals surface area contributed by atoms with E-state index >= 15 is 0 Å². The van der Waals surface area contributed by atoms with Gasteiger partial charge in [-0.2, -0.15) is 26.3 Å². The number of halogens is 6. The number of benzene rings is 4. The second kappa shape index (κ2) is 9.21. The van der Waals surface area contributed by atoms with Crippen LogP contribution in [0.25, 0.3) is 11.1 Å². The van der Waals surface area contributed by atoms with E-state index in [0.29, 0.717) is 22.3 Å². The lowest BCUT2D eigenvalue weighted by Gasteiger charge is -2.20. The van der Waals surface area contributed by atoms with Crippen LogP contribution >= 0.6 is 0 Å². The SMILES string of the molecule is FC(F)(F)c1cccc(C(=C(c2ccccc2)c2cccc(C(F)(F)F)c2)c2ccccc2)c1. The Hall–Kier alpha value is -3.80. The van der Waals surface area contributed by atoms with Gasteiger partial charge in [-0.25, -0.2) is 0 Å². The Morgan fingerprint density at radius 3 is 1.03 bits per heavy atom. The van der Waals surface area contributed by atoms with Crippen molar-refractivity contribution in [2.24, 2.45) is 0 Å². The summed E-state index contributed by atoms with van der Waals surface area (Å²) in [6.45, 7) is 0. The van der Waals surface area contributed by atoms with Gasteiger partial charge in [-0.05, 0) is 57.7 Å². The van der Waals surface area contributed by atoms with Gasteiger partial charge in [0.15, 0.2) is 0 Å². The number of hydrogen-bond donors (Lipinski definition) is 0. The Kier molecular flexibility index (Phi) is 6.33. The van der Waals surface area contributed by atoms with Gasteiger partial charge in [0.1, 0.15) is 0 Å². The van der Waals surface area contributed by atoms with Crippen LogP contribution in [0.2, 0.25) is 0 Å². The van der Waals surface area contributed by atoms with Gasteiger partial charge in [-0.1, -0.05) is 84.9 Å². The summed E-state index contributed by atoms with van der Waals surface area (Å²) in [6.07, 6.45) is -9.14. The molecule has 0 fully saturated rings. The Balaban J connectivity index is 2.11. The lowest BCUT2D eigenvalue weighted by molar-refractivity contribution is -0.138. The minimum atomic E-state index is -4.57. The normalized spacial score (nSPS) is 12.9. The maximum Gasteiger partial charge on any atom is 0.416 e. The third kappa shape index (κ3) is 5.06. The molecular weight excluding hydrogens is 450 g/mol. The van der Waals surface area contributed by atoms with Crippen LogP contribution < -0.4 is 0 Å². The quantitative estimate of drug-likeness (QED) is 0.208. The Bertz CT molecular complexity index is 1200. The molecule has 6 heteroatoms. The average molecular weight is 468 g/mol. The standard InChI is InChI=1S/C28H18F6/c29-27(30,31)23-15-7-13-21(17-23)25(19-9-3-1-4-10-19)26(20-11-5-2-6-12-20)22-14-8-16-24(18-22)28(32,33)34/h1-18H. The summed E-state index contributed by atoms with van der Waals surface area (Å²) in [7, 11) is 0. The maximum absolute atomic E-state index is 13.5. The highest BCUT2D eigenvalue weighted by Gasteiger charge is 2.32. The molecule has 0 N–H and O–H groups in total. The van der Waals surface area contributed by atoms with Crippen LogP contribution in [0.4, 0.5) is 26.3 Å². The summed E-state index contributed by atoms with van der Waals surface area (Å²) in [4.78, 5) is 0. The fourth-order valence-corrected chi connectivity index (χ4v) is 3.82. The van der Waals surface area contributed by atoms with Crippen molar-refractivity contribution >= 4 is 11.1 Å². The third-order valence-corrected chi connectivity index (χ3v) is 5.33. The molecule has 0 saturated heterocycles. The number of rotatable bonds is 4. The highest BCUT2D eigenvalue weighted by Crippen LogP contribution is 2.40. The predicted molar refractivity (Wildman–Crippen MR) is 121 cm³/mol. The monoisotopic (exact) mass is 468 g/mol. The molecule has 0 aromatic heterocycles. The van der Waals surface area contributed by atoms with Crippen LogP contribution in [0.5, 0.6) is 0 Å². The van der Waals surface area contributed by atoms with Gasteiger partial charge in [0, 0.05) is 0 Å². The molecule has 172 valence electrons. The van der Waals surface area contributed by atoms with E-state index in [4.69, 9.17) is 0 Å². The van der Waals surface area contributed by atoms with E-state index in [2.05, 4.69) is 0 Å². The zero-order valence-electron chi connectivity index (χ0n) is 17.7. The molecule has 0 spiro atoms. The molecule has 4 rings (SSSR count). The molecule has 0 saturated carbocycles. The van der Waals surface area contributed by atoms with Gasteiger partial charge >= 0.3 is 12.4 Å². The van der Waals surface area contributed by atoms with E-state index in [1.807, 2.05) is 0 Å². The van der Waals surface area contributed by atoms with Crippen molar-refractivity contribution in [3.63, 3.8) is 0 Å². The summed E-state index contributed by atoms with van der Waals surface area (Å²) in [6, 6.07) is 27.0. The summed E-state index contributed by atoms with van der Waals surface area (Å²) in [5.41, 5.74) is 0.782. The van der Waals surface area contributed by atoms with E-state index in [9.17, 15) is 26.3 Å². The highest BCUT2D eigenvalue weighted by molar-refractivity contribution is 6.04. The van der Waals surface area contributed by atoms with Crippen molar-refractivity contribution < 1.29 is 26.3 Å². The first kappa shape index (κ1) is 23.4. The molecule has 0 bridgehead atoms. The fourth-order valence-electron chi connectivity index (χ4n) is 3.82. The summed E-state index contributed by atoms with van der Waals surface area (Å²) >= 11 is 0. The molecule has 4 aromatic carbocycles. The average Bonchev–Trinajstić information content (AvgIpc) is 2.82. The Morgan fingerprint density at radius 2 is 0.706 bits per heavy atom. The maximum atomic E-state index is 13.5. The van der Waals surface area contributed by atoms with Gasteiger partial charge in [-0.3, -0.25) is 0 Å². The molecule has 0 atom stereocenters. The number of alkyl halides is 6. The third-order valence-electron chi connectivity index (χ3n) is 5.33. The molecule has 0 aliphatic rings. The van der Waals surface area contributed by atoms with E-state index in [1.165, 1.54) is 24.3 Å². The molecule has 0 unspecified atom stereocenters. The Morgan fingerprint density at radius 1 is 0.382 bits per heavy atom. The summed E-state index contributed by atoms with van der Waals surface area (Å²) < 4.78 is 81.1. The molecule has 0 radical (unpaired) electrons. The minimum Gasteiger partial charge on any atom is -0.166 e. The molecule has 0 aliphatic carbocycles. The second-order valence-corrected chi connectivity index (χ2v) is 7.64. The molecule has 4 aromatic rings. The van der Waals surface area contributed by atoms with Crippen LogP contribution in [0.1, 0.15) is 33.4 Å². The molecule has 0 heterocycles. The topological polar surface area (TPSA) is 0 Å². The minimum absolute atomic E-state index is 0.247. The van der Waals surface area contributed by atoms with E-state index in [-0.39, 0.29) is 11.1 Å². The lowest BCUT2D eigenvalue weighted by Crippen LogP contribution is -2.07. The fraction of sp³-hybridized carbons (Fsp3) is 0.0714. The van der Waals surface area contributed by atoms with Crippen molar-refractivity contribution in [3.8, 4) is 0 Å². The van der Waals surface area contributed by atoms with Gasteiger partial charge in [0.25, 0.3) is 0 Å². The van der Waals surface area contributed by atoms with E-state index in [1.54, 1.807) is 60.7 Å². The van der Waals surface area contributed by atoms with Crippen molar-refractivity contribution in [3.05, 3.63) is 143 Å². The first-order valence-electron chi connectivity index (χ1n) is 10.3. The Labute approximate surface area is 192 Å². The molecule has 0 nitrogen and oxygen atoms in total. The first-order valence-corrected chi connectivity index (χ1v) is 10.3. The van der Waals surface area contributed by atoms with Crippen molar-refractivity contribution in [2.75, 3.05) is 0 Å². The van der Waals surface area contributed by atoms with E-state index in [0.717, 1.165) is 24.3 Å². The molecular formula is C28H18F6. The lowest BCUT2D eigenvalue weighted by atomic mass is 9.85. The zero-order valence-corrected chi connectivity index (χ0v) is 17.7. The van der Waals surface area contributed by atoms with Gasteiger partial charge in [0.2, 0.25) is 0 Å². The molecule has 0 aliphatic heterocycles. The highest BCUT2D eigenvalue weighted by atomic mass is 19.4. The van der Waals surface area contributed by atoms with Crippen LogP contribution in [-0.4, -0.2) is 0 Å². The van der Waals surface area contributed by atoms with Crippen LogP contribution in [0, 0.1) is 0 Å². The zero-order chi connectivity index (χ0) is 24.3. The predicted octanol–water partition coefficient (Wildman–Crippen LogP) is 8.73. The number of hydrogen-bond acceptors (Lipinski definition) is 0. The van der Waals surface area contributed by atoms with Crippen molar-refractivity contribution in [1.29, 1.82) is 0 Å². The van der Waals surface area contributed by atoms with Crippen LogP contribution in [0.15, 0.2) is 109 Å². The summed E-state index contributed by atoms with van der Waals surface area (Å²) in [5.74, 6) is 0. The van der Waals surface area contributed by atoms with Crippen molar-refractivity contribution in [1.82, 2.24) is 0 Å². The van der Waals surface area contributed by atoms with Gasteiger partial charge in [-0.15, -0.1) is 0 Å².